The van der Waals surface area contributed by atoms with E-state index in [0.717, 1.165) is 18.5 Å². The summed E-state index contributed by atoms with van der Waals surface area (Å²) in [6, 6.07) is 4.82. The Morgan fingerprint density at radius 1 is 1.41 bits per heavy atom. The Morgan fingerprint density at radius 3 is 2.59 bits per heavy atom. The SMILES string of the molecule is CC1(Nc2ccc([N+](=O)[O-])c(N)c2)CCCC1. The van der Waals surface area contributed by atoms with Gasteiger partial charge < -0.3 is 11.1 Å². The van der Waals surface area contributed by atoms with Gasteiger partial charge in [-0.25, -0.2) is 0 Å². The van der Waals surface area contributed by atoms with Crippen LogP contribution in [-0.2, 0) is 0 Å². The lowest BCUT2D eigenvalue weighted by Crippen LogP contribution is -2.30. The van der Waals surface area contributed by atoms with Crippen LogP contribution in [0.4, 0.5) is 17.1 Å². The summed E-state index contributed by atoms with van der Waals surface area (Å²) < 4.78 is 0. The van der Waals surface area contributed by atoms with Crippen LogP contribution in [0.1, 0.15) is 32.6 Å². The second kappa shape index (κ2) is 4.24. The van der Waals surface area contributed by atoms with Gasteiger partial charge in [0.15, 0.2) is 0 Å². The zero-order chi connectivity index (χ0) is 12.5. The molecule has 1 aliphatic carbocycles. The summed E-state index contributed by atoms with van der Waals surface area (Å²) in [6.07, 6.45) is 4.71. The summed E-state index contributed by atoms with van der Waals surface area (Å²) in [7, 11) is 0. The Hall–Kier alpha value is -1.78. The molecule has 0 unspecified atom stereocenters. The molecule has 5 heteroatoms. The summed E-state index contributed by atoms with van der Waals surface area (Å²) in [5.41, 5.74) is 6.79. The lowest BCUT2D eigenvalue weighted by Gasteiger charge is -2.26. The van der Waals surface area contributed by atoms with Crippen molar-refractivity contribution in [2.24, 2.45) is 0 Å². The lowest BCUT2D eigenvalue weighted by molar-refractivity contribution is -0.383. The van der Waals surface area contributed by atoms with Crippen LogP contribution in [0.25, 0.3) is 0 Å². The molecule has 1 fully saturated rings. The van der Waals surface area contributed by atoms with Gasteiger partial charge in [0.25, 0.3) is 5.69 Å². The van der Waals surface area contributed by atoms with Crippen LogP contribution in [0.5, 0.6) is 0 Å². The minimum absolute atomic E-state index is 0.0351. The van der Waals surface area contributed by atoms with Crippen LogP contribution >= 0.6 is 0 Å². The Kier molecular flexibility index (Phi) is 2.92. The number of nitrogens with one attached hydrogen (secondary N) is 1. The highest BCUT2D eigenvalue weighted by Gasteiger charge is 2.28. The number of hydrogen-bond donors (Lipinski definition) is 2. The molecule has 0 amide bonds. The van der Waals surface area contributed by atoms with Gasteiger partial charge in [-0.2, -0.15) is 0 Å². The number of nitrogens with two attached hydrogens (primary N) is 1. The predicted molar refractivity (Wildman–Crippen MR) is 68.0 cm³/mol. The van der Waals surface area contributed by atoms with E-state index in [4.69, 9.17) is 5.73 Å². The van der Waals surface area contributed by atoms with E-state index < -0.39 is 4.92 Å². The van der Waals surface area contributed by atoms with Crippen molar-refractivity contribution >= 4 is 17.1 Å². The van der Waals surface area contributed by atoms with Gasteiger partial charge in [-0.15, -0.1) is 0 Å². The summed E-state index contributed by atoms with van der Waals surface area (Å²) in [5, 5.41) is 14.1. The van der Waals surface area contributed by atoms with Crippen LogP contribution in [0.2, 0.25) is 0 Å². The fraction of sp³-hybridized carbons (Fsp3) is 0.500. The molecule has 0 spiro atoms. The van der Waals surface area contributed by atoms with Gasteiger partial charge in [-0.3, -0.25) is 10.1 Å². The molecule has 92 valence electrons. The first-order chi connectivity index (χ1) is 8.00. The van der Waals surface area contributed by atoms with Crippen molar-refractivity contribution in [3.8, 4) is 0 Å². The molecule has 5 nitrogen and oxygen atoms in total. The smallest absolute Gasteiger partial charge is 0.292 e. The molecular formula is C12H17N3O2. The molecule has 1 aliphatic rings. The highest BCUT2D eigenvalue weighted by Crippen LogP contribution is 2.34. The van der Waals surface area contributed by atoms with E-state index in [9.17, 15) is 10.1 Å². The van der Waals surface area contributed by atoms with E-state index in [1.807, 2.05) is 0 Å². The third kappa shape index (κ3) is 2.49. The second-order valence-corrected chi connectivity index (χ2v) is 4.92. The molecule has 0 radical (unpaired) electrons. The molecular weight excluding hydrogens is 218 g/mol. The van der Waals surface area contributed by atoms with Gasteiger partial charge in [0.2, 0.25) is 0 Å². The molecule has 17 heavy (non-hydrogen) atoms. The van der Waals surface area contributed by atoms with Crippen molar-refractivity contribution in [1.82, 2.24) is 0 Å². The minimum Gasteiger partial charge on any atom is -0.393 e. The number of nitrogen functional groups attached to an aromatic ring is 1. The zero-order valence-corrected chi connectivity index (χ0v) is 9.90. The fourth-order valence-electron chi connectivity index (χ4n) is 2.43. The van der Waals surface area contributed by atoms with E-state index in [2.05, 4.69) is 12.2 Å². The van der Waals surface area contributed by atoms with Crippen LogP contribution in [0, 0.1) is 10.1 Å². The van der Waals surface area contributed by atoms with E-state index in [1.165, 1.54) is 18.9 Å². The summed E-state index contributed by atoms with van der Waals surface area (Å²) >= 11 is 0. The first kappa shape index (κ1) is 11.7. The average molecular weight is 235 g/mol. The third-order valence-corrected chi connectivity index (χ3v) is 3.38. The van der Waals surface area contributed by atoms with Crippen molar-refractivity contribution < 1.29 is 4.92 Å². The Balaban J connectivity index is 2.17. The first-order valence-corrected chi connectivity index (χ1v) is 5.82. The number of nitrogens with zero attached hydrogens (tertiary/aromatic N) is 1. The number of benzene rings is 1. The molecule has 0 saturated heterocycles. The van der Waals surface area contributed by atoms with E-state index in [-0.39, 0.29) is 16.9 Å². The first-order valence-electron chi connectivity index (χ1n) is 5.82. The molecule has 0 aliphatic heterocycles. The predicted octanol–water partition coefficient (Wildman–Crippen LogP) is 2.92. The molecule has 1 saturated carbocycles. The Bertz CT molecular complexity index is 439. The zero-order valence-electron chi connectivity index (χ0n) is 9.90. The minimum atomic E-state index is -0.462. The molecule has 0 aromatic heterocycles. The highest BCUT2D eigenvalue weighted by atomic mass is 16.6. The van der Waals surface area contributed by atoms with Crippen LogP contribution in [0.15, 0.2) is 18.2 Å². The van der Waals surface area contributed by atoms with Gasteiger partial charge >= 0.3 is 0 Å². The van der Waals surface area contributed by atoms with Gasteiger partial charge in [-0.1, -0.05) is 12.8 Å². The number of anilines is 2. The number of rotatable bonds is 3. The van der Waals surface area contributed by atoms with Gasteiger partial charge in [0.05, 0.1) is 4.92 Å². The number of hydrogen-bond acceptors (Lipinski definition) is 4. The van der Waals surface area contributed by atoms with Crippen molar-refractivity contribution in [2.45, 2.75) is 38.1 Å². The topological polar surface area (TPSA) is 81.2 Å². The maximum absolute atomic E-state index is 10.6. The molecule has 3 N–H and O–H groups in total. The maximum Gasteiger partial charge on any atom is 0.292 e. The molecule has 1 aromatic rings. The third-order valence-electron chi connectivity index (χ3n) is 3.38. The maximum atomic E-state index is 10.6. The fourth-order valence-corrected chi connectivity index (χ4v) is 2.43. The van der Waals surface area contributed by atoms with Crippen LogP contribution in [0.3, 0.4) is 0 Å². The summed E-state index contributed by atoms with van der Waals surface area (Å²) in [6.45, 7) is 2.18. The van der Waals surface area contributed by atoms with E-state index in [1.54, 1.807) is 12.1 Å². The Morgan fingerprint density at radius 2 is 2.06 bits per heavy atom. The van der Waals surface area contributed by atoms with Crippen molar-refractivity contribution in [3.05, 3.63) is 28.3 Å². The summed E-state index contributed by atoms with van der Waals surface area (Å²) in [5.74, 6) is 0. The lowest BCUT2D eigenvalue weighted by atomic mass is 10.00. The van der Waals surface area contributed by atoms with E-state index in [0.29, 0.717) is 0 Å². The molecule has 0 atom stereocenters. The van der Waals surface area contributed by atoms with Gasteiger partial charge in [-0.05, 0) is 31.9 Å². The molecule has 0 heterocycles. The van der Waals surface area contributed by atoms with Crippen LogP contribution in [-0.4, -0.2) is 10.5 Å². The highest BCUT2D eigenvalue weighted by molar-refractivity contribution is 5.66. The summed E-state index contributed by atoms with van der Waals surface area (Å²) in [4.78, 5) is 10.2. The van der Waals surface area contributed by atoms with Crippen molar-refractivity contribution in [1.29, 1.82) is 0 Å². The molecule has 2 rings (SSSR count). The standard InChI is InChI=1S/C12H17N3O2/c1-12(6-2-3-7-12)14-9-4-5-11(15(16)17)10(13)8-9/h4-5,8,14H,2-3,6-7,13H2,1H3. The van der Waals surface area contributed by atoms with Crippen molar-refractivity contribution in [3.63, 3.8) is 0 Å². The normalized spacial score (nSPS) is 17.9. The van der Waals surface area contributed by atoms with E-state index >= 15 is 0 Å². The quantitative estimate of drug-likeness (QED) is 0.479. The monoisotopic (exact) mass is 235 g/mol. The van der Waals surface area contributed by atoms with Gasteiger partial charge in [0.1, 0.15) is 5.69 Å². The molecule has 0 bridgehead atoms. The second-order valence-electron chi connectivity index (χ2n) is 4.92. The Labute approximate surface area is 100 Å². The van der Waals surface area contributed by atoms with Crippen LogP contribution < -0.4 is 11.1 Å². The molecule has 1 aromatic carbocycles. The van der Waals surface area contributed by atoms with Gasteiger partial charge in [0, 0.05) is 17.3 Å². The average Bonchev–Trinajstić information content (AvgIpc) is 2.64. The van der Waals surface area contributed by atoms with Crippen molar-refractivity contribution in [2.75, 3.05) is 11.1 Å². The number of nitro groups is 1. The number of nitro benzene ring substituents is 1. The largest absolute Gasteiger partial charge is 0.393 e.